The third-order valence-corrected chi connectivity index (χ3v) is 3.77. The van der Waals surface area contributed by atoms with Gasteiger partial charge in [-0.2, -0.15) is 0 Å². The monoisotopic (exact) mass is 347 g/mol. The summed E-state index contributed by atoms with van der Waals surface area (Å²) in [5.41, 5.74) is 1.71. The molecule has 0 saturated heterocycles. The predicted molar refractivity (Wildman–Crippen MR) is 87.7 cm³/mol. The Morgan fingerprint density at radius 2 is 1.86 bits per heavy atom. The van der Waals surface area contributed by atoms with Crippen LogP contribution in [0.15, 0.2) is 53.0 Å². The van der Waals surface area contributed by atoms with Crippen LogP contribution in [-0.4, -0.2) is 18.6 Å². The molecule has 0 radical (unpaired) electrons. The van der Waals surface area contributed by atoms with Gasteiger partial charge in [-0.25, -0.2) is 0 Å². The summed E-state index contributed by atoms with van der Waals surface area (Å²) in [5, 5.41) is 2.93. The largest absolute Gasteiger partial charge is 0.491 e. The Hall–Kier alpha value is -1.81. The Kier molecular flexibility index (Phi) is 5.39. The molecule has 3 nitrogen and oxygen atoms in total. The molecule has 21 heavy (non-hydrogen) atoms. The highest BCUT2D eigenvalue weighted by Gasteiger charge is 2.12. The summed E-state index contributed by atoms with van der Waals surface area (Å²) in [6.45, 7) is 4.35. The Balaban J connectivity index is 1.90. The summed E-state index contributed by atoms with van der Waals surface area (Å²) in [7, 11) is 0. The van der Waals surface area contributed by atoms with Crippen molar-refractivity contribution in [2.75, 3.05) is 6.61 Å². The van der Waals surface area contributed by atoms with E-state index in [2.05, 4.69) is 21.2 Å². The minimum Gasteiger partial charge on any atom is -0.491 e. The zero-order chi connectivity index (χ0) is 15.2. The van der Waals surface area contributed by atoms with Crippen LogP contribution in [0.25, 0.3) is 0 Å². The smallest absolute Gasteiger partial charge is 0.252 e. The summed E-state index contributed by atoms with van der Waals surface area (Å²) in [4.78, 5) is 12.2. The molecule has 4 heteroatoms. The molecule has 0 fully saturated rings. The number of benzene rings is 2. The van der Waals surface area contributed by atoms with Crippen LogP contribution in [-0.2, 0) is 0 Å². The lowest BCUT2D eigenvalue weighted by atomic mass is 10.2. The predicted octanol–water partition coefficient (Wildman–Crippen LogP) is 3.95. The summed E-state index contributed by atoms with van der Waals surface area (Å²) in [6.07, 6.45) is 0. The van der Waals surface area contributed by atoms with Crippen molar-refractivity contribution >= 4 is 21.8 Å². The molecule has 1 atom stereocenters. The first-order valence-electron chi connectivity index (χ1n) is 6.81. The van der Waals surface area contributed by atoms with Crippen molar-refractivity contribution < 1.29 is 9.53 Å². The molecular formula is C17H18BrNO2. The van der Waals surface area contributed by atoms with Crippen LogP contribution in [0.4, 0.5) is 0 Å². The molecule has 0 spiro atoms. The van der Waals surface area contributed by atoms with Gasteiger partial charge < -0.3 is 10.1 Å². The number of carbonyl (C=O) groups excluding carboxylic acids is 1. The molecule has 2 rings (SSSR count). The van der Waals surface area contributed by atoms with Crippen LogP contribution in [0.1, 0.15) is 22.8 Å². The van der Waals surface area contributed by atoms with E-state index in [1.165, 1.54) is 0 Å². The van der Waals surface area contributed by atoms with Crippen molar-refractivity contribution in [3.63, 3.8) is 0 Å². The number of nitrogens with one attached hydrogen (secondary N) is 1. The van der Waals surface area contributed by atoms with Gasteiger partial charge in [0.15, 0.2) is 0 Å². The summed E-state index contributed by atoms with van der Waals surface area (Å²) in [5.74, 6) is 0.739. The van der Waals surface area contributed by atoms with E-state index in [0.29, 0.717) is 12.2 Å². The molecule has 0 aromatic heterocycles. The van der Waals surface area contributed by atoms with Gasteiger partial charge in [0, 0.05) is 4.47 Å². The number of hydrogen-bond donors (Lipinski definition) is 1. The van der Waals surface area contributed by atoms with E-state index >= 15 is 0 Å². The van der Waals surface area contributed by atoms with Crippen molar-refractivity contribution in [1.82, 2.24) is 5.32 Å². The first-order valence-corrected chi connectivity index (χ1v) is 7.61. The second-order valence-electron chi connectivity index (χ2n) is 4.93. The number of halogens is 1. The SMILES string of the molecule is Cc1ccccc1OC[C@H](C)NC(=O)c1ccccc1Br. The Labute approximate surface area is 133 Å². The van der Waals surface area contributed by atoms with Gasteiger partial charge in [-0.05, 0) is 53.5 Å². The average molecular weight is 348 g/mol. The number of hydrogen-bond acceptors (Lipinski definition) is 2. The maximum atomic E-state index is 12.2. The topological polar surface area (TPSA) is 38.3 Å². The molecule has 0 saturated carbocycles. The summed E-state index contributed by atoms with van der Waals surface area (Å²) in [6, 6.07) is 15.1. The molecule has 2 aromatic rings. The molecule has 1 amide bonds. The number of ether oxygens (including phenoxy) is 1. The van der Waals surface area contributed by atoms with Gasteiger partial charge in [-0.15, -0.1) is 0 Å². The van der Waals surface area contributed by atoms with Crippen molar-refractivity contribution in [2.24, 2.45) is 0 Å². The molecule has 2 aromatic carbocycles. The lowest BCUT2D eigenvalue weighted by Crippen LogP contribution is -2.37. The molecular weight excluding hydrogens is 330 g/mol. The summed E-state index contributed by atoms with van der Waals surface area (Å²) >= 11 is 3.38. The van der Waals surface area contributed by atoms with Crippen LogP contribution in [0, 0.1) is 6.92 Å². The second-order valence-corrected chi connectivity index (χ2v) is 5.79. The first-order chi connectivity index (χ1) is 10.1. The highest BCUT2D eigenvalue weighted by Crippen LogP contribution is 2.17. The second kappa shape index (κ2) is 7.27. The Bertz CT molecular complexity index is 628. The van der Waals surface area contributed by atoms with Crippen LogP contribution >= 0.6 is 15.9 Å². The third kappa shape index (κ3) is 4.33. The van der Waals surface area contributed by atoms with E-state index < -0.39 is 0 Å². The fourth-order valence-corrected chi connectivity index (χ4v) is 2.39. The molecule has 0 unspecified atom stereocenters. The zero-order valence-corrected chi connectivity index (χ0v) is 13.7. The fraction of sp³-hybridized carbons (Fsp3) is 0.235. The maximum absolute atomic E-state index is 12.2. The minimum absolute atomic E-state index is 0.0794. The summed E-state index contributed by atoms with van der Waals surface area (Å²) < 4.78 is 6.53. The van der Waals surface area contributed by atoms with Gasteiger partial charge in [-0.3, -0.25) is 4.79 Å². The number of amides is 1. The van der Waals surface area contributed by atoms with E-state index in [-0.39, 0.29) is 11.9 Å². The van der Waals surface area contributed by atoms with Crippen LogP contribution in [0.2, 0.25) is 0 Å². The van der Waals surface area contributed by atoms with E-state index in [9.17, 15) is 4.79 Å². The lowest BCUT2D eigenvalue weighted by molar-refractivity contribution is 0.0926. The highest BCUT2D eigenvalue weighted by molar-refractivity contribution is 9.10. The minimum atomic E-state index is -0.108. The average Bonchev–Trinajstić information content (AvgIpc) is 2.46. The highest BCUT2D eigenvalue weighted by atomic mass is 79.9. The molecule has 1 N–H and O–H groups in total. The Morgan fingerprint density at radius 1 is 1.19 bits per heavy atom. The van der Waals surface area contributed by atoms with Crippen molar-refractivity contribution in [3.8, 4) is 5.75 Å². The van der Waals surface area contributed by atoms with Gasteiger partial charge in [0.2, 0.25) is 0 Å². The van der Waals surface area contributed by atoms with E-state index in [4.69, 9.17) is 4.74 Å². The number of para-hydroxylation sites is 1. The Morgan fingerprint density at radius 3 is 2.57 bits per heavy atom. The van der Waals surface area contributed by atoms with Crippen molar-refractivity contribution in [3.05, 3.63) is 64.1 Å². The third-order valence-electron chi connectivity index (χ3n) is 3.08. The zero-order valence-electron chi connectivity index (χ0n) is 12.1. The van der Waals surface area contributed by atoms with Crippen molar-refractivity contribution in [1.29, 1.82) is 0 Å². The number of carbonyl (C=O) groups is 1. The molecule has 110 valence electrons. The molecule has 0 heterocycles. The molecule has 0 aliphatic rings. The van der Waals surface area contributed by atoms with E-state index in [1.807, 2.05) is 56.3 Å². The normalized spacial score (nSPS) is 11.8. The maximum Gasteiger partial charge on any atom is 0.252 e. The molecule has 0 aliphatic carbocycles. The number of aryl methyl sites for hydroxylation is 1. The quantitative estimate of drug-likeness (QED) is 0.888. The van der Waals surface area contributed by atoms with E-state index in [0.717, 1.165) is 15.8 Å². The van der Waals surface area contributed by atoms with Crippen LogP contribution in [0.3, 0.4) is 0 Å². The van der Waals surface area contributed by atoms with Crippen molar-refractivity contribution in [2.45, 2.75) is 19.9 Å². The van der Waals surface area contributed by atoms with Gasteiger partial charge in [0.05, 0.1) is 11.6 Å². The van der Waals surface area contributed by atoms with Crippen LogP contribution < -0.4 is 10.1 Å². The fourth-order valence-electron chi connectivity index (χ4n) is 1.92. The lowest BCUT2D eigenvalue weighted by Gasteiger charge is -2.16. The standard InChI is InChI=1S/C17H18BrNO2/c1-12-7-3-6-10-16(12)21-11-13(2)19-17(20)14-8-4-5-9-15(14)18/h3-10,13H,11H2,1-2H3,(H,19,20)/t13-/m0/s1. The number of rotatable bonds is 5. The van der Waals surface area contributed by atoms with Gasteiger partial charge in [0.25, 0.3) is 5.91 Å². The van der Waals surface area contributed by atoms with E-state index in [1.54, 1.807) is 6.07 Å². The molecule has 0 bridgehead atoms. The first kappa shape index (κ1) is 15.6. The van der Waals surface area contributed by atoms with Gasteiger partial charge in [-0.1, -0.05) is 30.3 Å². The van der Waals surface area contributed by atoms with Crippen LogP contribution in [0.5, 0.6) is 5.75 Å². The van der Waals surface area contributed by atoms with Gasteiger partial charge in [0.1, 0.15) is 12.4 Å². The van der Waals surface area contributed by atoms with Gasteiger partial charge >= 0.3 is 0 Å². The molecule has 0 aliphatic heterocycles.